The van der Waals surface area contributed by atoms with Crippen molar-refractivity contribution in [1.29, 1.82) is 0 Å². The first-order valence-electron chi connectivity index (χ1n) is 5.58. The van der Waals surface area contributed by atoms with Crippen LogP contribution in [-0.4, -0.2) is 49.2 Å². The number of alkyl halides is 1. The maximum absolute atomic E-state index is 14.0. The van der Waals surface area contributed by atoms with Gasteiger partial charge >= 0.3 is 17.9 Å². The summed E-state index contributed by atoms with van der Waals surface area (Å²) < 4.78 is 33.1. The van der Waals surface area contributed by atoms with E-state index in [0.717, 1.165) is 20.8 Å². The van der Waals surface area contributed by atoms with Crippen LogP contribution < -0.4 is 0 Å². The highest BCUT2D eigenvalue weighted by atomic mass is 19.1. The molecule has 0 radical (unpaired) electrons. The van der Waals surface area contributed by atoms with Gasteiger partial charge in [0.05, 0.1) is 0 Å². The summed E-state index contributed by atoms with van der Waals surface area (Å²) in [6.45, 7) is 3.01. The quantitative estimate of drug-likeness (QED) is 0.532. The molecule has 0 N–H and O–H groups in total. The molecule has 0 aromatic rings. The predicted octanol–water partition coefficient (Wildman–Crippen LogP) is 0.107. The van der Waals surface area contributed by atoms with Crippen LogP contribution in [0, 0.1) is 0 Å². The summed E-state index contributed by atoms with van der Waals surface area (Å²) >= 11 is 0. The molecule has 7 nitrogen and oxygen atoms in total. The second kappa shape index (κ2) is 6.46. The van der Waals surface area contributed by atoms with Crippen LogP contribution in [0.15, 0.2) is 0 Å². The largest absolute Gasteiger partial charge is 0.463 e. The zero-order valence-electron chi connectivity index (χ0n) is 10.8. The molecule has 1 rings (SSSR count). The summed E-state index contributed by atoms with van der Waals surface area (Å²) in [4.78, 5) is 32.4. The van der Waals surface area contributed by atoms with Gasteiger partial charge < -0.3 is 18.9 Å². The molecule has 108 valence electrons. The Kier molecular flexibility index (Phi) is 5.22. The average Bonchev–Trinajstić information content (AvgIpc) is 2.53. The van der Waals surface area contributed by atoms with Crippen molar-refractivity contribution >= 4 is 17.9 Å². The molecule has 0 aliphatic carbocycles. The van der Waals surface area contributed by atoms with Gasteiger partial charge in [0, 0.05) is 20.8 Å². The highest BCUT2D eigenvalue weighted by Gasteiger charge is 2.49. The lowest BCUT2D eigenvalue weighted by atomic mass is 10.2. The lowest BCUT2D eigenvalue weighted by Gasteiger charge is -2.18. The van der Waals surface area contributed by atoms with Crippen LogP contribution >= 0.6 is 0 Å². The molecule has 4 atom stereocenters. The lowest BCUT2D eigenvalue weighted by Crippen LogP contribution is -2.36. The highest BCUT2D eigenvalue weighted by molar-refractivity contribution is 5.67. The predicted molar refractivity (Wildman–Crippen MR) is 57.5 cm³/mol. The molecule has 0 bridgehead atoms. The number of carbonyl (C=O) groups excluding carboxylic acids is 3. The number of esters is 3. The van der Waals surface area contributed by atoms with Crippen LogP contribution in [0.1, 0.15) is 20.8 Å². The summed E-state index contributed by atoms with van der Waals surface area (Å²) in [7, 11) is 0. The van der Waals surface area contributed by atoms with Gasteiger partial charge in [-0.3, -0.25) is 14.4 Å². The fourth-order valence-electron chi connectivity index (χ4n) is 1.59. The Morgan fingerprint density at radius 3 is 2.11 bits per heavy atom. The van der Waals surface area contributed by atoms with Crippen molar-refractivity contribution < 1.29 is 37.7 Å². The summed E-state index contributed by atoms with van der Waals surface area (Å²) in [6.07, 6.45) is -5.64. The molecule has 0 aromatic carbocycles. The van der Waals surface area contributed by atoms with Crippen molar-refractivity contribution in [3.63, 3.8) is 0 Å². The van der Waals surface area contributed by atoms with Gasteiger partial charge in [-0.05, 0) is 0 Å². The van der Waals surface area contributed by atoms with Gasteiger partial charge in [0.2, 0.25) is 6.29 Å². The first-order chi connectivity index (χ1) is 8.81. The van der Waals surface area contributed by atoms with Crippen molar-refractivity contribution in [2.45, 2.75) is 45.4 Å². The number of ether oxygens (including phenoxy) is 4. The second-order valence-corrected chi connectivity index (χ2v) is 3.97. The molecule has 4 unspecified atom stereocenters. The van der Waals surface area contributed by atoms with E-state index in [1.807, 2.05) is 0 Å². The first kappa shape index (κ1) is 15.4. The maximum Gasteiger partial charge on any atom is 0.305 e. The molecule has 1 aliphatic rings. The zero-order valence-corrected chi connectivity index (χ0v) is 10.8. The van der Waals surface area contributed by atoms with Gasteiger partial charge in [-0.15, -0.1) is 0 Å². The van der Waals surface area contributed by atoms with Crippen molar-refractivity contribution in [3.05, 3.63) is 0 Å². The van der Waals surface area contributed by atoms with Gasteiger partial charge in [0.1, 0.15) is 12.7 Å². The van der Waals surface area contributed by atoms with Crippen molar-refractivity contribution in [2.24, 2.45) is 0 Å². The molecule has 1 saturated heterocycles. The minimum absolute atomic E-state index is 0.355. The van der Waals surface area contributed by atoms with Crippen LogP contribution in [-0.2, 0) is 33.3 Å². The molecule has 0 spiro atoms. The van der Waals surface area contributed by atoms with E-state index in [9.17, 15) is 18.8 Å². The monoisotopic (exact) mass is 278 g/mol. The van der Waals surface area contributed by atoms with Crippen LogP contribution in [0.4, 0.5) is 4.39 Å². The summed E-state index contributed by atoms with van der Waals surface area (Å²) in [6, 6.07) is 0. The summed E-state index contributed by atoms with van der Waals surface area (Å²) in [5, 5.41) is 0. The van der Waals surface area contributed by atoms with Crippen LogP contribution in [0.5, 0.6) is 0 Å². The molecule has 1 fully saturated rings. The number of rotatable bonds is 4. The number of hydrogen-bond donors (Lipinski definition) is 0. The minimum atomic E-state index is -1.76. The molecule has 8 heteroatoms. The fraction of sp³-hybridized carbons (Fsp3) is 0.727. The molecule has 0 amide bonds. The standard InChI is InChI=1S/C11H15FO7/c1-5(13)16-4-8-9(12)10(17-6(2)14)11(19-8)18-7(3)15/h8-11H,4H2,1-3H3. The topological polar surface area (TPSA) is 88.1 Å². The van der Waals surface area contributed by atoms with E-state index >= 15 is 0 Å². The Bertz CT molecular complexity index is 370. The summed E-state index contributed by atoms with van der Waals surface area (Å²) in [5.74, 6) is -2.04. The average molecular weight is 278 g/mol. The molecular weight excluding hydrogens is 263 g/mol. The molecular formula is C11H15FO7. The fourth-order valence-corrected chi connectivity index (χ4v) is 1.59. The minimum Gasteiger partial charge on any atom is -0.463 e. The van der Waals surface area contributed by atoms with E-state index in [0.29, 0.717) is 0 Å². The Balaban J connectivity index is 2.70. The second-order valence-electron chi connectivity index (χ2n) is 3.97. The first-order valence-corrected chi connectivity index (χ1v) is 5.58. The molecule has 1 aliphatic heterocycles. The third-order valence-corrected chi connectivity index (χ3v) is 2.28. The molecule has 19 heavy (non-hydrogen) atoms. The Morgan fingerprint density at radius 1 is 1.05 bits per heavy atom. The Hall–Kier alpha value is -1.70. The third kappa shape index (κ3) is 4.47. The zero-order chi connectivity index (χ0) is 14.6. The number of halogens is 1. The van der Waals surface area contributed by atoms with E-state index in [-0.39, 0.29) is 6.61 Å². The van der Waals surface area contributed by atoms with Gasteiger partial charge in [0.25, 0.3) is 0 Å². The maximum atomic E-state index is 14.0. The van der Waals surface area contributed by atoms with E-state index < -0.39 is 42.6 Å². The lowest BCUT2D eigenvalue weighted by molar-refractivity contribution is -0.196. The number of carbonyl (C=O) groups is 3. The van der Waals surface area contributed by atoms with Crippen molar-refractivity contribution in [3.8, 4) is 0 Å². The Labute approximate surface area is 108 Å². The van der Waals surface area contributed by atoms with Gasteiger partial charge in [-0.2, -0.15) is 0 Å². The van der Waals surface area contributed by atoms with Crippen LogP contribution in [0.25, 0.3) is 0 Å². The summed E-state index contributed by atoms with van der Waals surface area (Å²) in [5.41, 5.74) is 0. The smallest absolute Gasteiger partial charge is 0.305 e. The van der Waals surface area contributed by atoms with Gasteiger partial charge in [-0.1, -0.05) is 0 Å². The van der Waals surface area contributed by atoms with E-state index in [1.165, 1.54) is 0 Å². The van der Waals surface area contributed by atoms with Gasteiger partial charge in [0.15, 0.2) is 12.3 Å². The Morgan fingerprint density at radius 2 is 1.63 bits per heavy atom. The van der Waals surface area contributed by atoms with E-state index in [1.54, 1.807) is 0 Å². The normalized spacial score (nSPS) is 29.7. The van der Waals surface area contributed by atoms with E-state index in [2.05, 4.69) is 4.74 Å². The highest BCUT2D eigenvalue weighted by Crippen LogP contribution is 2.28. The van der Waals surface area contributed by atoms with Crippen molar-refractivity contribution in [1.82, 2.24) is 0 Å². The van der Waals surface area contributed by atoms with Crippen LogP contribution in [0.3, 0.4) is 0 Å². The van der Waals surface area contributed by atoms with Crippen LogP contribution in [0.2, 0.25) is 0 Å². The molecule has 0 aromatic heterocycles. The van der Waals surface area contributed by atoms with E-state index in [4.69, 9.17) is 14.2 Å². The molecule has 0 saturated carbocycles. The number of hydrogen-bond acceptors (Lipinski definition) is 7. The van der Waals surface area contributed by atoms with Crippen molar-refractivity contribution in [2.75, 3.05) is 6.61 Å². The van der Waals surface area contributed by atoms with Gasteiger partial charge in [-0.25, -0.2) is 4.39 Å². The third-order valence-electron chi connectivity index (χ3n) is 2.28. The SMILES string of the molecule is CC(=O)OCC1OC(OC(C)=O)C(OC(C)=O)C1F. The molecule has 1 heterocycles.